The van der Waals surface area contributed by atoms with Crippen LogP contribution in [0.5, 0.6) is 0 Å². The summed E-state index contributed by atoms with van der Waals surface area (Å²) in [5.74, 6) is 2.53. The van der Waals surface area contributed by atoms with Crippen molar-refractivity contribution >= 4 is 0 Å². The van der Waals surface area contributed by atoms with Crippen LogP contribution in [0.4, 0.5) is 0 Å². The van der Waals surface area contributed by atoms with Gasteiger partial charge in [-0.3, -0.25) is 0 Å². The second kappa shape index (κ2) is 3.43. The molecule has 0 bridgehead atoms. The Labute approximate surface area is 84.7 Å². The van der Waals surface area contributed by atoms with Crippen molar-refractivity contribution in [2.24, 2.45) is 0 Å². The number of nitrogens with one attached hydrogen (secondary N) is 1. The van der Waals surface area contributed by atoms with Gasteiger partial charge in [-0.25, -0.2) is 0 Å². The Morgan fingerprint density at radius 2 is 1.71 bits per heavy atom. The minimum absolute atomic E-state index is 0.947. The molecule has 0 spiro atoms. The molecule has 1 aliphatic heterocycles. The summed E-state index contributed by atoms with van der Waals surface area (Å²) in [4.78, 5) is 0. The maximum atomic E-state index is 5.95. The van der Waals surface area contributed by atoms with Crippen LogP contribution in [0, 0.1) is 0 Å². The lowest BCUT2D eigenvalue weighted by Gasteiger charge is -2.12. The Morgan fingerprint density at radius 1 is 0.857 bits per heavy atom. The number of fused-ring (bicyclic) bond motifs is 3. The van der Waals surface area contributed by atoms with E-state index in [0.29, 0.717) is 0 Å². The highest BCUT2D eigenvalue weighted by Crippen LogP contribution is 2.30. The van der Waals surface area contributed by atoms with Crippen LogP contribution in [-0.2, 0) is 25.8 Å². The molecule has 2 nitrogen and oxygen atoms in total. The van der Waals surface area contributed by atoms with Crippen LogP contribution in [0.2, 0.25) is 0 Å². The van der Waals surface area contributed by atoms with Crippen molar-refractivity contribution in [3.8, 4) is 0 Å². The minimum Gasteiger partial charge on any atom is -0.464 e. The van der Waals surface area contributed by atoms with E-state index in [1.165, 1.54) is 50.0 Å². The van der Waals surface area contributed by atoms with Crippen LogP contribution in [0.15, 0.2) is 4.42 Å². The quantitative estimate of drug-likeness (QED) is 0.636. The Hall–Kier alpha value is -0.760. The third kappa shape index (κ3) is 1.29. The first-order valence-electron chi connectivity index (χ1n) is 5.78. The van der Waals surface area contributed by atoms with Gasteiger partial charge in [-0.2, -0.15) is 0 Å². The smallest absolute Gasteiger partial charge is 0.121 e. The second-order valence-corrected chi connectivity index (χ2v) is 4.39. The van der Waals surface area contributed by atoms with Gasteiger partial charge < -0.3 is 9.73 Å². The van der Waals surface area contributed by atoms with Gasteiger partial charge in [-0.15, -0.1) is 0 Å². The largest absolute Gasteiger partial charge is 0.464 e. The zero-order chi connectivity index (χ0) is 9.38. The topological polar surface area (TPSA) is 25.2 Å². The fourth-order valence-corrected chi connectivity index (χ4v) is 2.71. The summed E-state index contributed by atoms with van der Waals surface area (Å²) in [6.07, 6.45) is 7.64. The van der Waals surface area contributed by atoms with E-state index >= 15 is 0 Å². The van der Waals surface area contributed by atoms with Gasteiger partial charge in [-0.05, 0) is 43.4 Å². The number of aryl methyl sites for hydroxylation is 1. The third-order valence-electron chi connectivity index (χ3n) is 3.45. The molecule has 2 aliphatic rings. The van der Waals surface area contributed by atoms with Gasteiger partial charge >= 0.3 is 0 Å². The van der Waals surface area contributed by atoms with E-state index < -0.39 is 0 Å². The Morgan fingerprint density at radius 3 is 2.71 bits per heavy atom. The Balaban J connectivity index is 2.04. The SMILES string of the molecule is C1CCc2oc3c(c2CC1)CCNC3. The van der Waals surface area contributed by atoms with Crippen LogP contribution in [0.3, 0.4) is 0 Å². The summed E-state index contributed by atoms with van der Waals surface area (Å²) in [5.41, 5.74) is 3.11. The molecule has 76 valence electrons. The average Bonchev–Trinajstić information content (AvgIpc) is 2.42. The Kier molecular flexibility index (Phi) is 2.09. The molecule has 2 heterocycles. The molecule has 1 aromatic rings. The molecule has 0 radical (unpaired) electrons. The van der Waals surface area contributed by atoms with E-state index in [4.69, 9.17) is 4.42 Å². The highest BCUT2D eigenvalue weighted by atomic mass is 16.3. The molecule has 2 heteroatoms. The highest BCUT2D eigenvalue weighted by molar-refractivity contribution is 5.36. The summed E-state index contributed by atoms with van der Waals surface area (Å²) in [5, 5.41) is 3.37. The first kappa shape index (κ1) is 8.54. The fraction of sp³-hybridized carbons (Fsp3) is 0.667. The lowest BCUT2D eigenvalue weighted by molar-refractivity contribution is 0.429. The highest BCUT2D eigenvalue weighted by Gasteiger charge is 2.22. The number of hydrogen-bond acceptors (Lipinski definition) is 2. The molecule has 0 aromatic carbocycles. The summed E-state index contributed by atoms with van der Waals surface area (Å²) in [6.45, 7) is 2.07. The predicted octanol–water partition coefficient (Wildman–Crippen LogP) is 2.19. The van der Waals surface area contributed by atoms with Crippen molar-refractivity contribution < 1.29 is 4.42 Å². The van der Waals surface area contributed by atoms with Crippen molar-refractivity contribution in [1.82, 2.24) is 5.32 Å². The summed E-state index contributed by atoms with van der Waals surface area (Å²) in [7, 11) is 0. The molecular weight excluding hydrogens is 174 g/mol. The molecule has 0 saturated heterocycles. The number of hydrogen-bond donors (Lipinski definition) is 1. The molecule has 1 aliphatic carbocycles. The third-order valence-corrected chi connectivity index (χ3v) is 3.45. The second-order valence-electron chi connectivity index (χ2n) is 4.39. The lowest BCUT2D eigenvalue weighted by Crippen LogP contribution is -2.22. The van der Waals surface area contributed by atoms with E-state index in [1.807, 2.05) is 0 Å². The molecular formula is C12H17NO. The first-order valence-corrected chi connectivity index (χ1v) is 5.78. The fourth-order valence-electron chi connectivity index (χ4n) is 2.71. The zero-order valence-corrected chi connectivity index (χ0v) is 8.57. The molecule has 3 rings (SSSR count). The van der Waals surface area contributed by atoms with Crippen LogP contribution in [0.1, 0.15) is 41.9 Å². The van der Waals surface area contributed by atoms with E-state index in [0.717, 1.165) is 13.1 Å². The van der Waals surface area contributed by atoms with E-state index in [2.05, 4.69) is 5.32 Å². The first-order chi connectivity index (χ1) is 6.95. The predicted molar refractivity (Wildman–Crippen MR) is 55.4 cm³/mol. The van der Waals surface area contributed by atoms with E-state index in [1.54, 1.807) is 11.1 Å². The summed E-state index contributed by atoms with van der Waals surface area (Å²) < 4.78 is 5.95. The monoisotopic (exact) mass is 191 g/mol. The molecule has 0 fully saturated rings. The van der Waals surface area contributed by atoms with Crippen molar-refractivity contribution in [2.45, 2.75) is 45.1 Å². The van der Waals surface area contributed by atoms with Gasteiger partial charge in [0.25, 0.3) is 0 Å². The standard InChI is InChI=1S/C12H17NO/c1-2-4-9-10-6-7-13-8-12(10)14-11(9)5-3-1/h13H,1-8H2. The Bertz CT molecular complexity index is 340. The van der Waals surface area contributed by atoms with Gasteiger partial charge in [0, 0.05) is 6.42 Å². The van der Waals surface area contributed by atoms with Crippen molar-refractivity contribution in [3.05, 3.63) is 22.6 Å². The summed E-state index contributed by atoms with van der Waals surface area (Å²) >= 11 is 0. The molecule has 0 atom stereocenters. The maximum Gasteiger partial charge on any atom is 0.121 e. The van der Waals surface area contributed by atoms with Crippen LogP contribution in [-0.4, -0.2) is 6.54 Å². The number of furan rings is 1. The number of rotatable bonds is 0. The molecule has 0 unspecified atom stereocenters. The molecule has 0 amide bonds. The van der Waals surface area contributed by atoms with E-state index in [9.17, 15) is 0 Å². The maximum absolute atomic E-state index is 5.95. The van der Waals surface area contributed by atoms with Gasteiger partial charge in [0.1, 0.15) is 11.5 Å². The molecule has 0 saturated carbocycles. The van der Waals surface area contributed by atoms with Crippen molar-refractivity contribution in [3.63, 3.8) is 0 Å². The molecule has 1 aromatic heterocycles. The zero-order valence-electron chi connectivity index (χ0n) is 8.57. The molecule has 1 N–H and O–H groups in total. The van der Waals surface area contributed by atoms with Crippen molar-refractivity contribution in [2.75, 3.05) is 6.54 Å². The van der Waals surface area contributed by atoms with Gasteiger partial charge in [0.15, 0.2) is 0 Å². The normalized spacial score (nSPS) is 21.1. The van der Waals surface area contributed by atoms with Gasteiger partial charge in [0.05, 0.1) is 6.54 Å². The van der Waals surface area contributed by atoms with Crippen LogP contribution in [0.25, 0.3) is 0 Å². The lowest BCUT2D eigenvalue weighted by atomic mass is 10.00. The summed E-state index contributed by atoms with van der Waals surface area (Å²) in [6, 6.07) is 0. The van der Waals surface area contributed by atoms with Crippen molar-refractivity contribution in [1.29, 1.82) is 0 Å². The van der Waals surface area contributed by atoms with Gasteiger partial charge in [-0.1, -0.05) is 6.42 Å². The molecule has 14 heavy (non-hydrogen) atoms. The van der Waals surface area contributed by atoms with E-state index in [-0.39, 0.29) is 0 Å². The van der Waals surface area contributed by atoms with Crippen LogP contribution < -0.4 is 5.32 Å². The minimum atomic E-state index is 0.947. The average molecular weight is 191 g/mol. The van der Waals surface area contributed by atoms with Gasteiger partial charge in [0.2, 0.25) is 0 Å². The van der Waals surface area contributed by atoms with Crippen LogP contribution >= 0.6 is 0 Å².